The van der Waals surface area contributed by atoms with Crippen LogP contribution in [0.4, 0.5) is 0 Å². The highest BCUT2D eigenvalue weighted by atomic mass is 16.5. The highest BCUT2D eigenvalue weighted by Crippen LogP contribution is 2.47. The van der Waals surface area contributed by atoms with Gasteiger partial charge in [-0.2, -0.15) is 0 Å². The number of phenols is 1. The Labute approximate surface area is 167 Å². The first-order valence-corrected chi connectivity index (χ1v) is 10.7. The zero-order valence-corrected chi connectivity index (χ0v) is 16.6. The van der Waals surface area contributed by atoms with Crippen LogP contribution in [0.2, 0.25) is 0 Å². The summed E-state index contributed by atoms with van der Waals surface area (Å²) in [5.74, 6) is 2.61. The lowest BCUT2D eigenvalue weighted by Crippen LogP contribution is -2.59. The number of phenolic OH excluding ortho intramolecular Hbond substituents is 1. The van der Waals surface area contributed by atoms with Gasteiger partial charge in [0.25, 0.3) is 0 Å². The normalized spacial score (nSPS) is 31.7. The fraction of sp³-hybridized carbons (Fsp3) is 0.500. The highest BCUT2D eigenvalue weighted by molar-refractivity contribution is 5.34. The second-order valence-corrected chi connectivity index (χ2v) is 8.56. The van der Waals surface area contributed by atoms with E-state index in [1.54, 1.807) is 6.07 Å². The van der Waals surface area contributed by atoms with Crippen molar-refractivity contribution in [1.29, 1.82) is 0 Å². The Morgan fingerprint density at radius 2 is 1.82 bits per heavy atom. The van der Waals surface area contributed by atoms with Gasteiger partial charge in [0.1, 0.15) is 11.5 Å². The molecule has 0 spiro atoms. The van der Waals surface area contributed by atoms with Crippen LogP contribution in [0.15, 0.2) is 48.5 Å². The maximum atomic E-state index is 10.0. The second-order valence-electron chi connectivity index (χ2n) is 8.56. The summed E-state index contributed by atoms with van der Waals surface area (Å²) in [5.41, 5.74) is 2.65. The molecular formula is C24H30N2O2. The Morgan fingerprint density at radius 3 is 2.54 bits per heavy atom. The van der Waals surface area contributed by atoms with Crippen LogP contribution < -0.4 is 4.74 Å². The Hall–Kier alpha value is -2.04. The lowest BCUT2D eigenvalue weighted by Gasteiger charge is -2.51. The number of nitrogens with zero attached hydrogens (tertiary/aromatic N) is 2. The summed E-state index contributed by atoms with van der Waals surface area (Å²) < 4.78 is 5.60. The molecule has 4 nitrogen and oxygen atoms in total. The first kappa shape index (κ1) is 18.0. The minimum atomic E-state index is 0.384. The van der Waals surface area contributed by atoms with Gasteiger partial charge in [0.15, 0.2) is 0 Å². The highest BCUT2D eigenvalue weighted by Gasteiger charge is 2.53. The molecule has 6 rings (SSSR count). The number of hydrogen-bond donors (Lipinski definition) is 1. The molecule has 4 fully saturated rings. The van der Waals surface area contributed by atoms with Crippen LogP contribution in [-0.2, 0) is 6.54 Å². The van der Waals surface area contributed by atoms with Gasteiger partial charge in [0, 0.05) is 31.1 Å². The minimum absolute atomic E-state index is 0.384. The van der Waals surface area contributed by atoms with Crippen LogP contribution in [0.1, 0.15) is 36.8 Å². The van der Waals surface area contributed by atoms with Crippen molar-refractivity contribution in [2.45, 2.75) is 44.3 Å². The number of rotatable bonds is 5. The number of hydrogen-bond acceptors (Lipinski definition) is 4. The maximum Gasteiger partial charge on any atom is 0.119 e. The summed E-state index contributed by atoms with van der Waals surface area (Å²) in [4.78, 5) is 5.43. The Kier molecular flexibility index (Phi) is 4.77. The zero-order valence-electron chi connectivity index (χ0n) is 16.6. The van der Waals surface area contributed by atoms with Crippen molar-refractivity contribution < 1.29 is 9.84 Å². The quantitative estimate of drug-likeness (QED) is 0.857. The van der Waals surface area contributed by atoms with Crippen LogP contribution in [0.3, 0.4) is 0 Å². The van der Waals surface area contributed by atoms with Gasteiger partial charge in [-0.05, 0) is 74.2 Å². The molecule has 0 unspecified atom stereocenters. The molecule has 1 N–H and O–H groups in total. The number of benzene rings is 2. The molecule has 4 heteroatoms. The smallest absolute Gasteiger partial charge is 0.119 e. The van der Waals surface area contributed by atoms with E-state index >= 15 is 0 Å². The number of likely N-dealkylation sites (tertiary alicyclic amines) is 1. The fourth-order valence-corrected chi connectivity index (χ4v) is 5.86. The molecule has 4 saturated heterocycles. The SMILES string of the molecule is CCOc1ccc(CN2C[C@@H](c3cccc(O)c3)[C@@H]3[C@H]2C2CCN3CC2)cc1. The van der Waals surface area contributed by atoms with Gasteiger partial charge in [-0.25, -0.2) is 0 Å². The van der Waals surface area contributed by atoms with Gasteiger partial charge in [-0.1, -0.05) is 24.3 Å². The Balaban J connectivity index is 1.41. The average molecular weight is 379 g/mol. The Bertz CT molecular complexity index is 814. The third-order valence-corrected chi connectivity index (χ3v) is 7.01. The van der Waals surface area contributed by atoms with E-state index in [0.29, 0.717) is 30.4 Å². The molecule has 4 aliphatic rings. The molecular weight excluding hydrogens is 348 g/mol. The molecule has 28 heavy (non-hydrogen) atoms. The van der Waals surface area contributed by atoms with Crippen molar-refractivity contribution in [1.82, 2.24) is 9.80 Å². The monoisotopic (exact) mass is 378 g/mol. The predicted molar refractivity (Wildman–Crippen MR) is 111 cm³/mol. The standard InChI is InChI=1S/C24H30N2O2/c1-2-28-21-8-6-17(7-9-21)15-26-16-22(19-4-3-5-20(27)14-19)24-23(26)18-10-12-25(24)13-11-18/h3-9,14,18,22-24,27H,2,10-13,15-16H2,1H3/t22-,23+,24+/m0/s1. The number of ether oxygens (including phenoxy) is 1. The average Bonchev–Trinajstić information content (AvgIpc) is 3.12. The molecule has 0 radical (unpaired) electrons. The van der Waals surface area contributed by atoms with Gasteiger partial charge in [-0.3, -0.25) is 9.80 Å². The van der Waals surface area contributed by atoms with Crippen LogP contribution >= 0.6 is 0 Å². The maximum absolute atomic E-state index is 10.0. The molecule has 4 heterocycles. The van der Waals surface area contributed by atoms with E-state index in [2.05, 4.69) is 40.1 Å². The third-order valence-electron chi connectivity index (χ3n) is 7.01. The molecule has 0 aromatic heterocycles. The summed E-state index contributed by atoms with van der Waals surface area (Å²) in [6.07, 6.45) is 2.65. The van der Waals surface area contributed by atoms with Crippen molar-refractivity contribution in [3.05, 3.63) is 59.7 Å². The topological polar surface area (TPSA) is 35.9 Å². The zero-order chi connectivity index (χ0) is 19.1. The van der Waals surface area contributed by atoms with Crippen molar-refractivity contribution in [2.24, 2.45) is 5.92 Å². The fourth-order valence-electron chi connectivity index (χ4n) is 5.86. The van der Waals surface area contributed by atoms with Crippen molar-refractivity contribution in [3.8, 4) is 11.5 Å². The molecule has 2 aromatic carbocycles. The van der Waals surface area contributed by atoms with Crippen molar-refractivity contribution in [2.75, 3.05) is 26.2 Å². The summed E-state index contributed by atoms with van der Waals surface area (Å²) in [7, 11) is 0. The summed E-state index contributed by atoms with van der Waals surface area (Å²) in [6, 6.07) is 17.8. The van der Waals surface area contributed by atoms with Gasteiger partial charge in [-0.15, -0.1) is 0 Å². The van der Waals surface area contributed by atoms with Gasteiger partial charge in [0.2, 0.25) is 0 Å². The van der Waals surface area contributed by atoms with E-state index in [-0.39, 0.29) is 0 Å². The molecule has 4 aliphatic heterocycles. The summed E-state index contributed by atoms with van der Waals surface area (Å²) in [5, 5.41) is 10.0. The number of fused-ring (bicyclic) bond motifs is 2. The van der Waals surface area contributed by atoms with Crippen LogP contribution in [-0.4, -0.2) is 53.2 Å². The van der Waals surface area contributed by atoms with E-state index in [9.17, 15) is 5.11 Å². The van der Waals surface area contributed by atoms with Gasteiger partial charge >= 0.3 is 0 Å². The lowest BCUT2D eigenvalue weighted by molar-refractivity contribution is -0.00870. The van der Waals surface area contributed by atoms with Crippen molar-refractivity contribution >= 4 is 0 Å². The van der Waals surface area contributed by atoms with Crippen LogP contribution in [0, 0.1) is 5.92 Å². The second kappa shape index (κ2) is 7.41. The van der Waals surface area contributed by atoms with E-state index in [0.717, 1.165) is 24.8 Å². The van der Waals surface area contributed by atoms with Gasteiger partial charge in [0.05, 0.1) is 6.61 Å². The largest absolute Gasteiger partial charge is 0.508 e. The third kappa shape index (κ3) is 3.19. The first-order chi connectivity index (χ1) is 13.7. The molecule has 0 aliphatic carbocycles. The summed E-state index contributed by atoms with van der Waals surface area (Å²) >= 11 is 0. The molecule has 0 amide bonds. The predicted octanol–water partition coefficient (Wildman–Crippen LogP) is 3.85. The first-order valence-electron chi connectivity index (χ1n) is 10.7. The van der Waals surface area contributed by atoms with E-state index in [1.807, 2.05) is 19.1 Å². The number of aromatic hydroxyl groups is 1. The summed E-state index contributed by atoms with van der Waals surface area (Å²) in [6.45, 7) is 7.26. The van der Waals surface area contributed by atoms with Crippen LogP contribution in [0.25, 0.3) is 0 Å². The molecule has 2 bridgehead atoms. The molecule has 148 valence electrons. The van der Waals surface area contributed by atoms with Gasteiger partial charge < -0.3 is 9.84 Å². The Morgan fingerprint density at radius 1 is 1.04 bits per heavy atom. The van der Waals surface area contributed by atoms with Crippen LogP contribution in [0.5, 0.6) is 11.5 Å². The van der Waals surface area contributed by atoms with E-state index < -0.39 is 0 Å². The van der Waals surface area contributed by atoms with E-state index in [4.69, 9.17) is 4.74 Å². The van der Waals surface area contributed by atoms with E-state index in [1.165, 1.54) is 37.1 Å². The number of piperidine rings is 3. The molecule has 0 saturated carbocycles. The lowest BCUT2D eigenvalue weighted by atomic mass is 9.75. The molecule has 3 atom stereocenters. The minimum Gasteiger partial charge on any atom is -0.508 e. The molecule has 2 aromatic rings. The van der Waals surface area contributed by atoms with Crippen molar-refractivity contribution in [3.63, 3.8) is 0 Å².